The Morgan fingerprint density at radius 3 is 2.70 bits per heavy atom. The number of hydrogen-bond acceptors (Lipinski definition) is 6. The van der Waals surface area contributed by atoms with E-state index in [0.29, 0.717) is 35.9 Å². The summed E-state index contributed by atoms with van der Waals surface area (Å²) in [6.07, 6.45) is 0.570. The van der Waals surface area contributed by atoms with Crippen molar-refractivity contribution < 1.29 is 18.8 Å². The van der Waals surface area contributed by atoms with Gasteiger partial charge in [0.15, 0.2) is 0 Å². The number of aryl methyl sites for hydroxylation is 2. The molecule has 1 N–H and O–H groups in total. The number of hydrogen-bond donors (Lipinski definition) is 1. The van der Waals surface area contributed by atoms with Crippen LogP contribution in [0.25, 0.3) is 11.3 Å². The number of carbonyl (C=O) groups is 1. The molecule has 0 atom stereocenters. The molecule has 142 valence electrons. The largest absolute Gasteiger partial charge is 0.497 e. The first kappa shape index (κ1) is 18.5. The number of nitrogens with zero attached hydrogens (tertiary/aromatic N) is 3. The van der Waals surface area contributed by atoms with Crippen molar-refractivity contribution in [3.63, 3.8) is 0 Å². The minimum Gasteiger partial charge on any atom is -0.497 e. The summed E-state index contributed by atoms with van der Waals surface area (Å²) in [5, 5.41) is 11.1. The van der Waals surface area contributed by atoms with Gasteiger partial charge in [0.05, 0.1) is 25.6 Å². The van der Waals surface area contributed by atoms with E-state index in [0.717, 1.165) is 17.0 Å². The number of rotatable bonds is 7. The lowest BCUT2D eigenvalue weighted by Gasteiger charge is -2.08. The van der Waals surface area contributed by atoms with Crippen LogP contribution < -0.4 is 14.8 Å². The molecule has 0 saturated carbocycles. The Labute approximate surface area is 157 Å². The molecular weight excluding hydrogens is 348 g/mol. The van der Waals surface area contributed by atoms with Crippen LogP contribution in [0.1, 0.15) is 21.9 Å². The summed E-state index contributed by atoms with van der Waals surface area (Å²) in [5.41, 5.74) is 2.65. The standard InChI is InChI=1S/C19H22N4O4/c1-12-9-14(27-22-12)7-8-20-19(24)17-11-16(21-23(17)2)15-10-13(25-3)5-6-18(15)26-4/h5-6,9-11H,7-8H2,1-4H3,(H,20,24). The van der Waals surface area contributed by atoms with E-state index in [4.69, 9.17) is 14.0 Å². The first-order chi connectivity index (χ1) is 13.0. The van der Waals surface area contributed by atoms with Gasteiger partial charge in [-0.3, -0.25) is 9.48 Å². The predicted molar refractivity (Wildman–Crippen MR) is 99.0 cm³/mol. The van der Waals surface area contributed by atoms with E-state index in [1.54, 1.807) is 32.0 Å². The molecule has 0 aliphatic carbocycles. The number of ether oxygens (including phenoxy) is 2. The highest BCUT2D eigenvalue weighted by Gasteiger charge is 2.17. The molecule has 8 nitrogen and oxygen atoms in total. The van der Waals surface area contributed by atoms with Crippen LogP contribution in [0.3, 0.4) is 0 Å². The summed E-state index contributed by atoms with van der Waals surface area (Å²) in [4.78, 5) is 12.5. The van der Waals surface area contributed by atoms with E-state index >= 15 is 0 Å². The lowest BCUT2D eigenvalue weighted by atomic mass is 10.1. The van der Waals surface area contributed by atoms with Crippen LogP contribution in [-0.2, 0) is 13.5 Å². The quantitative estimate of drug-likeness (QED) is 0.687. The maximum Gasteiger partial charge on any atom is 0.269 e. The zero-order valence-electron chi connectivity index (χ0n) is 15.8. The predicted octanol–water partition coefficient (Wildman–Crippen LogP) is 2.37. The van der Waals surface area contributed by atoms with Gasteiger partial charge in [0.1, 0.15) is 23.0 Å². The molecule has 0 radical (unpaired) electrons. The van der Waals surface area contributed by atoms with E-state index in [1.165, 1.54) is 0 Å². The SMILES string of the molecule is COc1ccc(OC)c(-c2cc(C(=O)NCCc3cc(C)no3)n(C)n2)c1. The molecule has 0 aliphatic rings. The van der Waals surface area contributed by atoms with Crippen LogP contribution >= 0.6 is 0 Å². The number of methoxy groups -OCH3 is 2. The lowest BCUT2D eigenvalue weighted by Crippen LogP contribution is -2.27. The zero-order chi connectivity index (χ0) is 19.4. The number of amides is 1. The fraction of sp³-hybridized carbons (Fsp3) is 0.316. The Morgan fingerprint density at radius 2 is 2.04 bits per heavy atom. The molecule has 0 fully saturated rings. The molecule has 2 aromatic heterocycles. The van der Waals surface area contributed by atoms with E-state index in [2.05, 4.69) is 15.6 Å². The average Bonchev–Trinajstić information content (AvgIpc) is 3.26. The summed E-state index contributed by atoms with van der Waals surface area (Å²) in [7, 11) is 4.91. The molecule has 0 saturated heterocycles. The van der Waals surface area contributed by atoms with E-state index in [9.17, 15) is 4.79 Å². The minimum absolute atomic E-state index is 0.214. The molecule has 0 unspecified atom stereocenters. The van der Waals surface area contributed by atoms with Gasteiger partial charge in [0.2, 0.25) is 0 Å². The second-order valence-corrected chi connectivity index (χ2v) is 6.05. The van der Waals surface area contributed by atoms with Crippen molar-refractivity contribution in [1.82, 2.24) is 20.3 Å². The minimum atomic E-state index is -0.214. The third-order valence-corrected chi connectivity index (χ3v) is 4.13. The van der Waals surface area contributed by atoms with E-state index < -0.39 is 0 Å². The molecule has 0 bridgehead atoms. The molecule has 0 aliphatic heterocycles. The number of carbonyl (C=O) groups excluding carboxylic acids is 1. The van der Waals surface area contributed by atoms with Gasteiger partial charge in [-0.05, 0) is 31.2 Å². The van der Waals surface area contributed by atoms with E-state index in [-0.39, 0.29) is 5.91 Å². The molecular formula is C19H22N4O4. The Hall–Kier alpha value is -3.29. The summed E-state index contributed by atoms with van der Waals surface area (Å²) in [5.74, 6) is 1.86. The van der Waals surface area contributed by atoms with Crippen molar-refractivity contribution >= 4 is 5.91 Å². The Bertz CT molecular complexity index is 945. The van der Waals surface area contributed by atoms with Gasteiger partial charge in [0.25, 0.3) is 5.91 Å². The van der Waals surface area contributed by atoms with Crippen LogP contribution in [0.15, 0.2) is 34.9 Å². The smallest absolute Gasteiger partial charge is 0.269 e. The molecule has 1 aromatic carbocycles. The molecule has 3 rings (SSSR count). The summed E-state index contributed by atoms with van der Waals surface area (Å²) >= 11 is 0. The average molecular weight is 370 g/mol. The van der Waals surface area contributed by atoms with Gasteiger partial charge in [-0.15, -0.1) is 0 Å². The molecule has 1 amide bonds. The number of nitrogens with one attached hydrogen (secondary N) is 1. The number of aromatic nitrogens is 3. The van der Waals surface area contributed by atoms with Crippen LogP contribution in [0.5, 0.6) is 11.5 Å². The maximum atomic E-state index is 12.5. The molecule has 3 aromatic rings. The summed E-state index contributed by atoms with van der Waals surface area (Å²) in [6.45, 7) is 2.30. The van der Waals surface area contributed by atoms with Crippen LogP contribution in [0, 0.1) is 6.92 Å². The van der Waals surface area contributed by atoms with Gasteiger partial charge in [-0.1, -0.05) is 5.16 Å². The first-order valence-corrected chi connectivity index (χ1v) is 8.48. The fourth-order valence-electron chi connectivity index (χ4n) is 2.75. The topological polar surface area (TPSA) is 91.4 Å². The van der Waals surface area contributed by atoms with Crippen molar-refractivity contribution in [3.05, 3.63) is 47.5 Å². The highest BCUT2D eigenvalue weighted by atomic mass is 16.5. The Kier molecular flexibility index (Phi) is 5.44. The highest BCUT2D eigenvalue weighted by Crippen LogP contribution is 2.32. The first-order valence-electron chi connectivity index (χ1n) is 8.48. The normalized spacial score (nSPS) is 10.7. The third-order valence-electron chi connectivity index (χ3n) is 4.13. The van der Waals surface area contributed by atoms with Crippen LogP contribution in [0.2, 0.25) is 0 Å². The molecule has 27 heavy (non-hydrogen) atoms. The fourth-order valence-corrected chi connectivity index (χ4v) is 2.75. The Balaban J connectivity index is 1.75. The molecule has 2 heterocycles. The monoisotopic (exact) mass is 370 g/mol. The third kappa shape index (κ3) is 4.11. The summed E-state index contributed by atoms with van der Waals surface area (Å²) < 4.78 is 17.4. The molecule has 8 heteroatoms. The molecule has 0 spiro atoms. The van der Waals surface area contributed by atoms with Crippen molar-refractivity contribution in [2.75, 3.05) is 20.8 Å². The van der Waals surface area contributed by atoms with Crippen molar-refractivity contribution in [2.45, 2.75) is 13.3 Å². The van der Waals surface area contributed by atoms with Crippen LogP contribution in [-0.4, -0.2) is 41.6 Å². The van der Waals surface area contributed by atoms with Gasteiger partial charge in [-0.25, -0.2) is 0 Å². The van der Waals surface area contributed by atoms with Gasteiger partial charge in [-0.2, -0.15) is 5.10 Å². The van der Waals surface area contributed by atoms with Gasteiger partial charge < -0.3 is 19.3 Å². The van der Waals surface area contributed by atoms with Gasteiger partial charge >= 0.3 is 0 Å². The van der Waals surface area contributed by atoms with Gasteiger partial charge in [0, 0.05) is 31.6 Å². The second-order valence-electron chi connectivity index (χ2n) is 6.05. The summed E-state index contributed by atoms with van der Waals surface area (Å²) in [6, 6.07) is 9.02. The second kappa shape index (κ2) is 7.94. The van der Waals surface area contributed by atoms with Crippen molar-refractivity contribution in [2.24, 2.45) is 7.05 Å². The van der Waals surface area contributed by atoms with Crippen molar-refractivity contribution in [3.8, 4) is 22.8 Å². The number of benzene rings is 1. The Morgan fingerprint density at radius 1 is 1.22 bits per heavy atom. The highest BCUT2D eigenvalue weighted by molar-refractivity contribution is 5.94. The lowest BCUT2D eigenvalue weighted by molar-refractivity contribution is 0.0944. The maximum absolute atomic E-state index is 12.5. The van der Waals surface area contributed by atoms with Crippen LogP contribution in [0.4, 0.5) is 0 Å². The van der Waals surface area contributed by atoms with E-state index in [1.807, 2.05) is 31.2 Å². The van der Waals surface area contributed by atoms with Crippen molar-refractivity contribution in [1.29, 1.82) is 0 Å². The zero-order valence-corrected chi connectivity index (χ0v) is 15.8.